The summed E-state index contributed by atoms with van der Waals surface area (Å²) in [6.07, 6.45) is 0. The number of anilines is 1. The third-order valence-corrected chi connectivity index (χ3v) is 4.45. The number of carbonyl (C=O) groups excluding carboxylic acids is 1. The summed E-state index contributed by atoms with van der Waals surface area (Å²) < 4.78 is 4.84. The van der Waals surface area contributed by atoms with Crippen molar-refractivity contribution in [2.45, 2.75) is 20.4 Å². The number of methoxy groups -OCH3 is 1. The Hall–Kier alpha value is -2.83. The average Bonchev–Trinajstić information content (AvgIpc) is 2.74. The fraction of sp³-hybridized carbons (Fsp3) is 0.227. The minimum absolute atomic E-state index is 0.359. The van der Waals surface area contributed by atoms with E-state index < -0.39 is 7.12 Å². The second kappa shape index (κ2) is 9.92. The van der Waals surface area contributed by atoms with Crippen LogP contribution < -0.4 is 10.4 Å². The molecular formula is C22H26BNO4. The second-order valence-corrected chi connectivity index (χ2v) is 6.13. The molecule has 3 aromatic carbocycles. The van der Waals surface area contributed by atoms with Crippen molar-refractivity contribution in [3.8, 4) is 0 Å². The van der Waals surface area contributed by atoms with Crippen LogP contribution in [0.5, 0.6) is 0 Å². The van der Waals surface area contributed by atoms with Gasteiger partial charge in [-0.3, -0.25) is 0 Å². The van der Waals surface area contributed by atoms with Crippen molar-refractivity contribution in [1.29, 1.82) is 0 Å². The van der Waals surface area contributed by atoms with Gasteiger partial charge in [-0.2, -0.15) is 0 Å². The maximum atomic E-state index is 11.9. The van der Waals surface area contributed by atoms with Gasteiger partial charge in [0.05, 0.1) is 12.7 Å². The summed E-state index contributed by atoms with van der Waals surface area (Å²) >= 11 is 0. The fourth-order valence-corrected chi connectivity index (χ4v) is 3.07. The van der Waals surface area contributed by atoms with Gasteiger partial charge in [0.25, 0.3) is 0 Å². The number of nitrogens with zero attached hydrogens (tertiary/aromatic N) is 1. The molecule has 0 saturated heterocycles. The Balaban J connectivity index is 0.00000136. The van der Waals surface area contributed by atoms with E-state index in [1.807, 2.05) is 68.3 Å². The van der Waals surface area contributed by atoms with Gasteiger partial charge in [-0.25, -0.2) is 4.79 Å². The number of esters is 1. The lowest BCUT2D eigenvalue weighted by Crippen LogP contribution is -2.35. The molecule has 3 aromatic rings. The molecule has 2 N–H and O–H groups in total. The highest BCUT2D eigenvalue weighted by Crippen LogP contribution is 2.25. The van der Waals surface area contributed by atoms with Crippen LogP contribution in [0.4, 0.5) is 5.69 Å². The molecule has 0 aliphatic carbocycles. The lowest BCUT2D eigenvalue weighted by molar-refractivity contribution is 0.0603. The Bertz CT molecular complexity index is 943. The van der Waals surface area contributed by atoms with Gasteiger partial charge in [-0.05, 0) is 40.0 Å². The summed E-state index contributed by atoms with van der Waals surface area (Å²) in [4.78, 5) is 13.9. The van der Waals surface area contributed by atoms with Crippen molar-refractivity contribution in [3.63, 3.8) is 0 Å². The molecule has 0 aliphatic rings. The molecule has 0 fully saturated rings. The lowest BCUT2D eigenvalue weighted by Gasteiger charge is -2.22. The SMILES string of the molecule is CC.COC(=O)c1cccc2cc(N(C)Cc3ccccc3B(O)O)ccc12. The molecule has 0 bridgehead atoms. The molecule has 0 amide bonds. The van der Waals surface area contributed by atoms with Crippen molar-refractivity contribution in [2.75, 3.05) is 19.1 Å². The third kappa shape index (κ3) is 4.71. The van der Waals surface area contributed by atoms with Gasteiger partial charge in [-0.1, -0.05) is 56.3 Å². The minimum atomic E-state index is -1.50. The Morgan fingerprint density at radius 2 is 1.75 bits per heavy atom. The van der Waals surface area contributed by atoms with E-state index in [1.165, 1.54) is 7.11 Å². The Morgan fingerprint density at radius 3 is 2.43 bits per heavy atom. The van der Waals surface area contributed by atoms with Crippen LogP contribution in [0.25, 0.3) is 10.8 Å². The molecule has 28 heavy (non-hydrogen) atoms. The molecule has 0 atom stereocenters. The highest BCUT2D eigenvalue weighted by atomic mass is 16.5. The molecule has 0 aliphatic heterocycles. The number of hydrogen-bond acceptors (Lipinski definition) is 5. The predicted octanol–water partition coefficient (Wildman–Crippen LogP) is 2.97. The number of rotatable bonds is 5. The summed E-state index contributed by atoms with van der Waals surface area (Å²) in [5.41, 5.74) is 2.83. The number of benzene rings is 3. The van der Waals surface area contributed by atoms with Gasteiger partial charge < -0.3 is 19.7 Å². The molecule has 146 valence electrons. The van der Waals surface area contributed by atoms with E-state index in [2.05, 4.69) is 0 Å². The lowest BCUT2D eigenvalue weighted by atomic mass is 9.77. The van der Waals surface area contributed by atoms with Crippen LogP contribution in [-0.4, -0.2) is 37.3 Å². The fourth-order valence-electron chi connectivity index (χ4n) is 3.07. The molecule has 0 radical (unpaired) electrons. The Labute approximate surface area is 166 Å². The Morgan fingerprint density at radius 1 is 1.04 bits per heavy atom. The van der Waals surface area contributed by atoms with Gasteiger partial charge >= 0.3 is 13.1 Å². The third-order valence-electron chi connectivity index (χ3n) is 4.45. The van der Waals surface area contributed by atoms with Gasteiger partial charge in [0.2, 0.25) is 0 Å². The van der Waals surface area contributed by atoms with Crippen molar-refractivity contribution < 1.29 is 19.6 Å². The van der Waals surface area contributed by atoms with Gasteiger partial charge in [-0.15, -0.1) is 0 Å². The molecule has 0 unspecified atom stereocenters. The van der Waals surface area contributed by atoms with Crippen LogP contribution in [0, 0.1) is 0 Å². The molecule has 0 aromatic heterocycles. The zero-order valence-corrected chi connectivity index (χ0v) is 16.7. The summed E-state index contributed by atoms with van der Waals surface area (Å²) in [6, 6.07) is 18.6. The zero-order chi connectivity index (χ0) is 20.7. The highest BCUT2D eigenvalue weighted by molar-refractivity contribution is 6.59. The first-order chi connectivity index (χ1) is 13.5. The smallest absolute Gasteiger partial charge is 0.465 e. The van der Waals surface area contributed by atoms with Crippen LogP contribution in [0.15, 0.2) is 60.7 Å². The predicted molar refractivity (Wildman–Crippen MR) is 115 cm³/mol. The highest BCUT2D eigenvalue weighted by Gasteiger charge is 2.17. The topological polar surface area (TPSA) is 70.0 Å². The van der Waals surface area contributed by atoms with E-state index in [9.17, 15) is 14.8 Å². The second-order valence-electron chi connectivity index (χ2n) is 6.13. The van der Waals surface area contributed by atoms with Gasteiger partial charge in [0.15, 0.2) is 0 Å². The molecule has 0 heterocycles. The van der Waals surface area contributed by atoms with Crippen LogP contribution in [0.3, 0.4) is 0 Å². The molecule has 0 spiro atoms. The normalized spacial score (nSPS) is 10.1. The average molecular weight is 379 g/mol. The standard InChI is InChI=1S/C20H20BNO4.C2H6/c1-22(13-15-6-3-4-9-19(15)21(24)25)16-10-11-17-14(12-16)7-5-8-18(17)20(23)26-2;1-2/h3-12,24-25H,13H2,1-2H3;1-2H3. The van der Waals surface area contributed by atoms with Crippen molar-refractivity contribution in [2.24, 2.45) is 0 Å². The molecule has 3 rings (SSSR count). The monoisotopic (exact) mass is 379 g/mol. The van der Waals surface area contributed by atoms with E-state index in [0.29, 0.717) is 17.6 Å². The van der Waals surface area contributed by atoms with E-state index in [1.54, 1.807) is 18.2 Å². The van der Waals surface area contributed by atoms with Crippen molar-refractivity contribution in [3.05, 3.63) is 71.8 Å². The molecule has 0 saturated carbocycles. The maximum Gasteiger partial charge on any atom is 0.488 e. The number of carbonyl (C=O) groups is 1. The minimum Gasteiger partial charge on any atom is -0.465 e. The van der Waals surface area contributed by atoms with Gasteiger partial charge in [0, 0.05) is 19.3 Å². The summed E-state index contributed by atoms with van der Waals surface area (Å²) in [6.45, 7) is 4.52. The first kappa shape index (κ1) is 21.5. The Kier molecular flexibility index (Phi) is 7.61. The maximum absolute atomic E-state index is 11.9. The first-order valence-corrected chi connectivity index (χ1v) is 9.27. The zero-order valence-electron chi connectivity index (χ0n) is 16.7. The van der Waals surface area contributed by atoms with E-state index in [0.717, 1.165) is 22.0 Å². The molecule has 6 heteroatoms. The molecule has 5 nitrogen and oxygen atoms in total. The number of hydrogen-bond donors (Lipinski definition) is 2. The number of ether oxygens (including phenoxy) is 1. The van der Waals surface area contributed by atoms with Crippen molar-refractivity contribution in [1.82, 2.24) is 0 Å². The van der Waals surface area contributed by atoms with Crippen LogP contribution >= 0.6 is 0 Å². The number of fused-ring (bicyclic) bond motifs is 1. The first-order valence-electron chi connectivity index (χ1n) is 9.27. The van der Waals surface area contributed by atoms with Crippen molar-refractivity contribution >= 4 is 35.0 Å². The van der Waals surface area contributed by atoms with E-state index in [-0.39, 0.29) is 5.97 Å². The van der Waals surface area contributed by atoms with Crippen LogP contribution in [0.2, 0.25) is 0 Å². The van der Waals surface area contributed by atoms with E-state index in [4.69, 9.17) is 4.74 Å². The summed E-state index contributed by atoms with van der Waals surface area (Å²) in [5.74, 6) is -0.359. The summed E-state index contributed by atoms with van der Waals surface area (Å²) in [7, 11) is 1.81. The van der Waals surface area contributed by atoms with Crippen LogP contribution in [-0.2, 0) is 11.3 Å². The van der Waals surface area contributed by atoms with Crippen LogP contribution in [0.1, 0.15) is 29.8 Å². The summed E-state index contributed by atoms with van der Waals surface area (Å²) in [5, 5.41) is 20.8. The quantitative estimate of drug-likeness (QED) is 0.527. The largest absolute Gasteiger partial charge is 0.488 e. The molecular weight excluding hydrogens is 353 g/mol. The van der Waals surface area contributed by atoms with E-state index >= 15 is 0 Å². The van der Waals surface area contributed by atoms with Gasteiger partial charge in [0.1, 0.15) is 0 Å².